The predicted molar refractivity (Wildman–Crippen MR) is 54.9 cm³/mol. The molecule has 1 aromatic carbocycles. The van der Waals surface area contributed by atoms with Crippen LogP contribution in [0.4, 0.5) is 0 Å². The number of imidazole rings is 1. The summed E-state index contributed by atoms with van der Waals surface area (Å²) >= 11 is 0. The lowest BCUT2D eigenvalue weighted by Crippen LogP contribution is -1.89. The summed E-state index contributed by atoms with van der Waals surface area (Å²) in [6.45, 7) is 6.52. The van der Waals surface area contributed by atoms with Gasteiger partial charge < -0.3 is 4.98 Å². The molecule has 1 N–H and O–H groups in total. The minimum atomic E-state index is 0.575. The lowest BCUT2D eigenvalue weighted by Gasteiger charge is -2.06. The minimum Gasteiger partial charge on any atom is -0.345 e. The second kappa shape index (κ2) is 2.87. The first-order valence-electron chi connectivity index (χ1n) is 4.62. The van der Waals surface area contributed by atoms with E-state index in [0.717, 1.165) is 11.0 Å². The van der Waals surface area contributed by atoms with Crippen LogP contribution in [0.25, 0.3) is 11.0 Å². The van der Waals surface area contributed by atoms with Gasteiger partial charge in [0.15, 0.2) is 0 Å². The topological polar surface area (TPSA) is 28.7 Å². The first-order chi connectivity index (χ1) is 6.18. The van der Waals surface area contributed by atoms with Crippen LogP contribution in [0.3, 0.4) is 0 Å². The number of aryl methyl sites for hydroxylation is 1. The summed E-state index contributed by atoms with van der Waals surface area (Å²) in [4.78, 5) is 7.41. The summed E-state index contributed by atoms with van der Waals surface area (Å²) in [5, 5.41) is 0. The number of rotatable bonds is 1. The Morgan fingerprint density at radius 1 is 1.31 bits per heavy atom. The molecular weight excluding hydrogens is 160 g/mol. The van der Waals surface area contributed by atoms with Gasteiger partial charge in [-0.25, -0.2) is 4.98 Å². The highest BCUT2D eigenvalue weighted by Crippen LogP contribution is 2.22. The van der Waals surface area contributed by atoms with Gasteiger partial charge in [-0.1, -0.05) is 19.9 Å². The molecule has 0 amide bonds. The third-order valence-corrected chi connectivity index (χ3v) is 2.40. The molecule has 0 aliphatic carbocycles. The quantitative estimate of drug-likeness (QED) is 0.707. The average molecular weight is 174 g/mol. The molecule has 0 atom stereocenters. The molecule has 68 valence electrons. The fourth-order valence-electron chi connectivity index (χ4n) is 1.59. The maximum atomic E-state index is 4.26. The van der Waals surface area contributed by atoms with Gasteiger partial charge in [-0.3, -0.25) is 0 Å². The van der Waals surface area contributed by atoms with Crippen molar-refractivity contribution in [2.75, 3.05) is 0 Å². The fourth-order valence-corrected chi connectivity index (χ4v) is 1.59. The second-order valence-corrected chi connectivity index (χ2v) is 3.79. The van der Waals surface area contributed by atoms with Crippen LogP contribution in [0.5, 0.6) is 0 Å². The van der Waals surface area contributed by atoms with Gasteiger partial charge in [-0.05, 0) is 30.0 Å². The van der Waals surface area contributed by atoms with E-state index in [-0.39, 0.29) is 0 Å². The van der Waals surface area contributed by atoms with Gasteiger partial charge in [-0.15, -0.1) is 0 Å². The van der Waals surface area contributed by atoms with Crippen molar-refractivity contribution in [3.63, 3.8) is 0 Å². The van der Waals surface area contributed by atoms with Crippen molar-refractivity contribution in [1.29, 1.82) is 0 Å². The van der Waals surface area contributed by atoms with Crippen LogP contribution in [0, 0.1) is 6.92 Å². The highest BCUT2D eigenvalue weighted by atomic mass is 14.9. The largest absolute Gasteiger partial charge is 0.345 e. The molecule has 2 nitrogen and oxygen atoms in total. The Bertz CT molecular complexity index is 427. The number of nitrogens with one attached hydrogen (secondary N) is 1. The Kier molecular flexibility index (Phi) is 1.83. The van der Waals surface area contributed by atoms with E-state index in [2.05, 4.69) is 42.9 Å². The molecule has 13 heavy (non-hydrogen) atoms. The van der Waals surface area contributed by atoms with Crippen LogP contribution in [0.15, 0.2) is 18.5 Å². The average Bonchev–Trinajstić information content (AvgIpc) is 2.51. The summed E-state index contributed by atoms with van der Waals surface area (Å²) in [5.74, 6) is 0.575. The molecule has 0 aliphatic rings. The number of H-pyrrole nitrogens is 1. The Morgan fingerprint density at radius 2 is 2.08 bits per heavy atom. The monoisotopic (exact) mass is 174 g/mol. The van der Waals surface area contributed by atoms with Crippen LogP contribution in [0.1, 0.15) is 30.9 Å². The van der Waals surface area contributed by atoms with Crippen LogP contribution in [-0.4, -0.2) is 9.97 Å². The summed E-state index contributed by atoms with van der Waals surface area (Å²) < 4.78 is 0. The van der Waals surface area contributed by atoms with E-state index in [1.807, 2.05) is 0 Å². The summed E-state index contributed by atoms with van der Waals surface area (Å²) in [6.07, 6.45) is 1.75. The zero-order valence-electron chi connectivity index (χ0n) is 8.26. The standard InChI is InChI=1S/C11H14N2/c1-7(2)9-4-8(3)11-10(5-9)12-6-13-11/h4-7H,1-3H3,(H,12,13). The number of benzene rings is 1. The van der Waals surface area contributed by atoms with Crippen LogP contribution in [-0.2, 0) is 0 Å². The lowest BCUT2D eigenvalue weighted by molar-refractivity contribution is 0.867. The smallest absolute Gasteiger partial charge is 0.0931 e. The van der Waals surface area contributed by atoms with E-state index in [1.165, 1.54) is 11.1 Å². The normalized spacial score (nSPS) is 11.4. The van der Waals surface area contributed by atoms with Crippen molar-refractivity contribution in [1.82, 2.24) is 9.97 Å². The van der Waals surface area contributed by atoms with E-state index in [9.17, 15) is 0 Å². The van der Waals surface area contributed by atoms with Gasteiger partial charge in [0.05, 0.1) is 17.4 Å². The molecule has 0 radical (unpaired) electrons. The van der Waals surface area contributed by atoms with Crippen molar-refractivity contribution in [2.45, 2.75) is 26.7 Å². The predicted octanol–water partition coefficient (Wildman–Crippen LogP) is 2.99. The lowest BCUT2D eigenvalue weighted by atomic mass is 10.0. The van der Waals surface area contributed by atoms with Crippen molar-refractivity contribution < 1.29 is 0 Å². The number of aromatic amines is 1. The number of fused-ring (bicyclic) bond motifs is 1. The molecule has 0 bridgehead atoms. The van der Waals surface area contributed by atoms with Crippen molar-refractivity contribution in [2.24, 2.45) is 0 Å². The van der Waals surface area contributed by atoms with Crippen LogP contribution < -0.4 is 0 Å². The zero-order valence-corrected chi connectivity index (χ0v) is 8.26. The van der Waals surface area contributed by atoms with Gasteiger partial charge in [0.2, 0.25) is 0 Å². The van der Waals surface area contributed by atoms with Gasteiger partial charge in [-0.2, -0.15) is 0 Å². The number of aromatic nitrogens is 2. The molecule has 1 heterocycles. The molecule has 2 rings (SSSR count). The van der Waals surface area contributed by atoms with Gasteiger partial charge in [0.1, 0.15) is 0 Å². The van der Waals surface area contributed by atoms with Crippen molar-refractivity contribution >= 4 is 11.0 Å². The van der Waals surface area contributed by atoms with Crippen LogP contribution in [0.2, 0.25) is 0 Å². The number of hydrogen-bond acceptors (Lipinski definition) is 1. The molecular formula is C11H14N2. The van der Waals surface area contributed by atoms with Gasteiger partial charge in [0, 0.05) is 0 Å². The van der Waals surface area contributed by atoms with E-state index in [4.69, 9.17) is 0 Å². The van der Waals surface area contributed by atoms with E-state index in [1.54, 1.807) is 6.33 Å². The number of hydrogen-bond donors (Lipinski definition) is 1. The molecule has 0 saturated carbocycles. The second-order valence-electron chi connectivity index (χ2n) is 3.79. The molecule has 0 spiro atoms. The Hall–Kier alpha value is -1.31. The number of nitrogens with zero attached hydrogens (tertiary/aromatic N) is 1. The molecule has 0 fully saturated rings. The minimum absolute atomic E-state index is 0.575. The van der Waals surface area contributed by atoms with Crippen molar-refractivity contribution in [3.05, 3.63) is 29.6 Å². The third-order valence-electron chi connectivity index (χ3n) is 2.40. The van der Waals surface area contributed by atoms with E-state index in [0.29, 0.717) is 5.92 Å². The van der Waals surface area contributed by atoms with E-state index >= 15 is 0 Å². The summed E-state index contributed by atoms with van der Waals surface area (Å²) in [7, 11) is 0. The molecule has 2 aromatic rings. The molecule has 1 aromatic heterocycles. The van der Waals surface area contributed by atoms with Gasteiger partial charge in [0.25, 0.3) is 0 Å². The summed E-state index contributed by atoms with van der Waals surface area (Å²) in [5.41, 5.74) is 4.85. The summed E-state index contributed by atoms with van der Waals surface area (Å²) in [6, 6.07) is 4.40. The first kappa shape index (κ1) is 8.30. The molecule has 2 heteroatoms. The van der Waals surface area contributed by atoms with Gasteiger partial charge >= 0.3 is 0 Å². The molecule has 0 unspecified atom stereocenters. The van der Waals surface area contributed by atoms with Crippen LogP contribution >= 0.6 is 0 Å². The SMILES string of the molecule is Cc1cc(C(C)C)cc2[nH]cnc12. The Morgan fingerprint density at radius 3 is 2.77 bits per heavy atom. The highest BCUT2D eigenvalue weighted by Gasteiger charge is 2.05. The maximum absolute atomic E-state index is 4.26. The van der Waals surface area contributed by atoms with E-state index < -0.39 is 0 Å². The zero-order chi connectivity index (χ0) is 9.42. The Balaban J connectivity index is 2.70. The molecule has 0 aliphatic heterocycles. The highest BCUT2D eigenvalue weighted by molar-refractivity contribution is 5.79. The molecule has 0 saturated heterocycles. The maximum Gasteiger partial charge on any atom is 0.0931 e. The third kappa shape index (κ3) is 1.32. The van der Waals surface area contributed by atoms with Crippen molar-refractivity contribution in [3.8, 4) is 0 Å². The fraction of sp³-hybridized carbons (Fsp3) is 0.364. The first-order valence-corrected chi connectivity index (χ1v) is 4.62. The Labute approximate surface area is 78.0 Å².